The lowest BCUT2D eigenvalue weighted by Gasteiger charge is -2.09. The fourth-order valence-corrected chi connectivity index (χ4v) is 3.33. The molecule has 8 heteroatoms. The zero-order chi connectivity index (χ0) is 19.4. The molecule has 3 rings (SSSR count). The van der Waals surface area contributed by atoms with Crippen molar-refractivity contribution >= 4 is 27.5 Å². The Bertz CT molecular complexity index is 968. The smallest absolute Gasteiger partial charge is 0.251 e. The maximum absolute atomic E-state index is 12.3. The van der Waals surface area contributed by atoms with Crippen molar-refractivity contribution in [1.82, 2.24) is 10.0 Å². The summed E-state index contributed by atoms with van der Waals surface area (Å²) in [5, 5.41) is 5.63. The highest BCUT2D eigenvalue weighted by Crippen LogP contribution is 2.30. The maximum Gasteiger partial charge on any atom is 0.251 e. The van der Waals surface area contributed by atoms with Gasteiger partial charge in [0, 0.05) is 23.7 Å². The number of carbonyl (C=O) groups is 2. The van der Waals surface area contributed by atoms with E-state index in [-0.39, 0.29) is 34.7 Å². The molecule has 0 spiro atoms. The van der Waals surface area contributed by atoms with Gasteiger partial charge in [-0.1, -0.05) is 18.2 Å². The number of carbonyl (C=O) groups excluding carboxylic acids is 2. The fourth-order valence-electron chi connectivity index (χ4n) is 2.56. The highest BCUT2D eigenvalue weighted by atomic mass is 32.2. The van der Waals surface area contributed by atoms with Crippen LogP contribution in [0.5, 0.6) is 0 Å². The Hall–Kier alpha value is -2.71. The summed E-state index contributed by atoms with van der Waals surface area (Å²) in [4.78, 5) is 24.2. The molecule has 1 aliphatic carbocycles. The first-order valence-corrected chi connectivity index (χ1v) is 10.1. The van der Waals surface area contributed by atoms with Gasteiger partial charge in [-0.15, -0.1) is 0 Å². The minimum absolute atomic E-state index is 0.0266. The molecular formula is C19H21N3O4S. The van der Waals surface area contributed by atoms with Crippen molar-refractivity contribution in [2.75, 3.05) is 12.4 Å². The van der Waals surface area contributed by atoms with Gasteiger partial charge in [-0.2, -0.15) is 0 Å². The molecule has 0 atom stereocenters. The zero-order valence-corrected chi connectivity index (χ0v) is 15.7. The van der Waals surface area contributed by atoms with Gasteiger partial charge in [-0.25, -0.2) is 13.1 Å². The predicted molar refractivity (Wildman–Crippen MR) is 102 cm³/mol. The largest absolute Gasteiger partial charge is 0.348 e. The standard InChI is InChI=1S/C19H21N3O4S/c1-20-27(25,26)17-7-3-5-15(11-17)18(23)21-12-13-4-2-6-16(10-13)22-19(24)14-8-9-14/h2-7,10-11,14,20H,8-9,12H2,1H3,(H,21,23)(H,22,24). The SMILES string of the molecule is CNS(=O)(=O)c1cccc(C(=O)NCc2cccc(NC(=O)C3CC3)c2)c1. The van der Waals surface area contributed by atoms with Gasteiger partial charge in [0.1, 0.15) is 0 Å². The Morgan fingerprint density at radius 2 is 1.81 bits per heavy atom. The summed E-state index contributed by atoms with van der Waals surface area (Å²) < 4.78 is 25.9. The van der Waals surface area contributed by atoms with Crippen LogP contribution in [0.2, 0.25) is 0 Å². The van der Waals surface area contributed by atoms with Gasteiger partial charge in [0.25, 0.3) is 5.91 Å². The number of sulfonamides is 1. The third kappa shape index (κ3) is 4.93. The Kier molecular flexibility index (Phi) is 5.57. The second-order valence-corrected chi connectivity index (χ2v) is 8.27. The summed E-state index contributed by atoms with van der Waals surface area (Å²) >= 11 is 0. The second-order valence-electron chi connectivity index (χ2n) is 6.38. The summed E-state index contributed by atoms with van der Waals surface area (Å²) in [6, 6.07) is 13.1. The normalized spacial score (nSPS) is 13.8. The van der Waals surface area contributed by atoms with E-state index >= 15 is 0 Å². The Morgan fingerprint density at radius 3 is 2.52 bits per heavy atom. The van der Waals surface area contributed by atoms with Gasteiger partial charge in [-0.3, -0.25) is 9.59 Å². The molecule has 3 N–H and O–H groups in total. The number of amides is 2. The lowest BCUT2D eigenvalue weighted by Crippen LogP contribution is -2.24. The van der Waals surface area contributed by atoms with Crippen LogP contribution in [0.3, 0.4) is 0 Å². The molecule has 2 amide bonds. The first kappa shape index (κ1) is 19.1. The van der Waals surface area contributed by atoms with Crippen LogP contribution in [0, 0.1) is 5.92 Å². The molecule has 0 aliphatic heterocycles. The van der Waals surface area contributed by atoms with Crippen LogP contribution in [0.25, 0.3) is 0 Å². The molecule has 27 heavy (non-hydrogen) atoms. The first-order valence-electron chi connectivity index (χ1n) is 8.60. The van der Waals surface area contributed by atoms with Crippen molar-refractivity contribution in [3.05, 3.63) is 59.7 Å². The molecule has 0 bridgehead atoms. The van der Waals surface area contributed by atoms with E-state index in [0.717, 1.165) is 18.4 Å². The van der Waals surface area contributed by atoms with Gasteiger partial charge in [0.2, 0.25) is 15.9 Å². The number of anilines is 1. The summed E-state index contributed by atoms with van der Waals surface area (Å²) in [5.74, 6) is -0.233. The quantitative estimate of drug-likeness (QED) is 0.675. The van der Waals surface area contributed by atoms with Crippen molar-refractivity contribution in [3.8, 4) is 0 Å². The van der Waals surface area contributed by atoms with E-state index < -0.39 is 10.0 Å². The van der Waals surface area contributed by atoms with Crippen LogP contribution in [0.1, 0.15) is 28.8 Å². The number of benzene rings is 2. The van der Waals surface area contributed by atoms with Crippen molar-refractivity contribution in [1.29, 1.82) is 0 Å². The van der Waals surface area contributed by atoms with E-state index in [4.69, 9.17) is 0 Å². The van der Waals surface area contributed by atoms with E-state index in [0.29, 0.717) is 5.69 Å². The minimum atomic E-state index is -3.61. The van der Waals surface area contributed by atoms with E-state index in [2.05, 4.69) is 15.4 Å². The maximum atomic E-state index is 12.3. The van der Waals surface area contributed by atoms with Gasteiger partial charge in [0.05, 0.1) is 4.90 Å². The summed E-state index contributed by atoms with van der Waals surface area (Å²) in [5.41, 5.74) is 1.78. The summed E-state index contributed by atoms with van der Waals surface area (Å²) in [7, 11) is -2.29. The van der Waals surface area contributed by atoms with Crippen molar-refractivity contribution in [2.45, 2.75) is 24.3 Å². The molecular weight excluding hydrogens is 366 g/mol. The molecule has 0 saturated heterocycles. The van der Waals surface area contributed by atoms with Crippen LogP contribution < -0.4 is 15.4 Å². The molecule has 1 saturated carbocycles. The van der Waals surface area contributed by atoms with Gasteiger partial charge in [0.15, 0.2) is 0 Å². The van der Waals surface area contributed by atoms with Crippen LogP contribution in [-0.2, 0) is 21.4 Å². The van der Waals surface area contributed by atoms with Gasteiger partial charge >= 0.3 is 0 Å². The lowest BCUT2D eigenvalue weighted by molar-refractivity contribution is -0.117. The molecule has 142 valence electrons. The van der Waals surface area contributed by atoms with Crippen LogP contribution in [-0.4, -0.2) is 27.3 Å². The van der Waals surface area contributed by atoms with Crippen molar-refractivity contribution in [3.63, 3.8) is 0 Å². The molecule has 0 radical (unpaired) electrons. The molecule has 2 aromatic rings. The highest BCUT2D eigenvalue weighted by molar-refractivity contribution is 7.89. The lowest BCUT2D eigenvalue weighted by atomic mass is 10.1. The van der Waals surface area contributed by atoms with Gasteiger partial charge < -0.3 is 10.6 Å². The molecule has 0 aromatic heterocycles. The zero-order valence-electron chi connectivity index (χ0n) is 14.9. The van der Waals surface area contributed by atoms with E-state index in [9.17, 15) is 18.0 Å². The van der Waals surface area contributed by atoms with Crippen molar-refractivity contribution < 1.29 is 18.0 Å². The van der Waals surface area contributed by atoms with E-state index in [1.54, 1.807) is 12.1 Å². The van der Waals surface area contributed by atoms with Crippen molar-refractivity contribution in [2.24, 2.45) is 5.92 Å². The Labute approximate surface area is 158 Å². The average molecular weight is 387 g/mol. The second kappa shape index (κ2) is 7.89. The third-order valence-electron chi connectivity index (χ3n) is 4.27. The van der Waals surface area contributed by atoms with Crippen LogP contribution in [0.15, 0.2) is 53.4 Å². The fraction of sp³-hybridized carbons (Fsp3) is 0.263. The number of hydrogen-bond donors (Lipinski definition) is 3. The van der Waals surface area contributed by atoms with Gasteiger partial charge in [-0.05, 0) is 55.8 Å². The predicted octanol–water partition coefficient (Wildman–Crippen LogP) is 1.87. The molecule has 0 heterocycles. The third-order valence-corrected chi connectivity index (χ3v) is 5.68. The number of rotatable bonds is 7. The highest BCUT2D eigenvalue weighted by Gasteiger charge is 2.29. The van der Waals surface area contributed by atoms with E-state index in [1.807, 2.05) is 18.2 Å². The summed E-state index contributed by atoms with van der Waals surface area (Å²) in [6.45, 7) is 0.259. The minimum Gasteiger partial charge on any atom is -0.348 e. The molecule has 2 aromatic carbocycles. The first-order chi connectivity index (χ1) is 12.9. The topological polar surface area (TPSA) is 104 Å². The van der Waals surface area contributed by atoms with E-state index in [1.165, 1.54) is 25.2 Å². The monoisotopic (exact) mass is 387 g/mol. The number of nitrogens with one attached hydrogen (secondary N) is 3. The molecule has 1 fully saturated rings. The Balaban J connectivity index is 1.64. The summed E-state index contributed by atoms with van der Waals surface area (Å²) in [6.07, 6.45) is 1.87. The average Bonchev–Trinajstić information content (AvgIpc) is 3.52. The number of hydrogen-bond acceptors (Lipinski definition) is 4. The Morgan fingerprint density at radius 1 is 1.07 bits per heavy atom. The molecule has 7 nitrogen and oxygen atoms in total. The molecule has 0 unspecified atom stereocenters. The van der Waals surface area contributed by atoms with Crippen LogP contribution >= 0.6 is 0 Å². The molecule has 1 aliphatic rings. The van der Waals surface area contributed by atoms with Crippen LogP contribution in [0.4, 0.5) is 5.69 Å².